The number of para-hydroxylation sites is 1. The van der Waals surface area contributed by atoms with E-state index < -0.39 is 0 Å². The second-order valence-corrected chi connectivity index (χ2v) is 6.40. The largest absolute Gasteiger partial charge is 0.379 e. The molecule has 2 nitrogen and oxygen atoms in total. The van der Waals surface area contributed by atoms with Crippen LogP contribution in [0.3, 0.4) is 0 Å². The molecule has 0 bridgehead atoms. The van der Waals surface area contributed by atoms with Gasteiger partial charge in [0.15, 0.2) is 0 Å². The van der Waals surface area contributed by atoms with Crippen molar-refractivity contribution in [1.29, 1.82) is 0 Å². The number of nitrogens with zero attached hydrogens (tertiary/aromatic N) is 1. The van der Waals surface area contributed by atoms with Gasteiger partial charge in [-0.2, -0.15) is 0 Å². The van der Waals surface area contributed by atoms with Gasteiger partial charge in [0.2, 0.25) is 0 Å². The van der Waals surface area contributed by atoms with Crippen LogP contribution in [0.4, 0.5) is 0 Å². The van der Waals surface area contributed by atoms with Crippen LogP contribution in [0.15, 0.2) is 79.0 Å². The molecule has 0 aliphatic carbocycles. The Morgan fingerprint density at radius 2 is 1.92 bits per heavy atom. The van der Waals surface area contributed by atoms with E-state index in [4.69, 9.17) is 0 Å². The molecule has 1 aromatic heterocycles. The number of aryl methyl sites for hydroxylation is 1. The minimum Gasteiger partial charge on any atom is -0.379 e. The van der Waals surface area contributed by atoms with E-state index >= 15 is 0 Å². The second kappa shape index (κ2) is 6.14. The molecule has 2 heterocycles. The van der Waals surface area contributed by atoms with Gasteiger partial charge in [0.1, 0.15) is 0 Å². The fourth-order valence-electron chi connectivity index (χ4n) is 3.73. The number of aromatic nitrogens is 1. The zero-order valence-corrected chi connectivity index (χ0v) is 14.7. The highest BCUT2D eigenvalue weighted by Gasteiger charge is 2.24. The standard InChI is InChI=1S/C23H22N2/c1-4-9-20-18(5-2)23-19-14-16(3)12-13-21(19)25(22(23)15-24-20)17-10-7-6-8-11-17/h4-14,24H,2,15H2,1,3H3/b9-4-. The van der Waals surface area contributed by atoms with Gasteiger partial charge in [-0.15, -0.1) is 0 Å². The third-order valence-corrected chi connectivity index (χ3v) is 4.78. The van der Waals surface area contributed by atoms with Crippen molar-refractivity contribution in [3.05, 3.63) is 95.9 Å². The highest BCUT2D eigenvalue weighted by molar-refractivity contribution is 6.00. The van der Waals surface area contributed by atoms with Crippen molar-refractivity contribution < 1.29 is 0 Å². The molecule has 0 saturated carbocycles. The van der Waals surface area contributed by atoms with Gasteiger partial charge < -0.3 is 9.88 Å². The van der Waals surface area contributed by atoms with Gasteiger partial charge in [0, 0.05) is 27.9 Å². The molecular weight excluding hydrogens is 304 g/mol. The van der Waals surface area contributed by atoms with Gasteiger partial charge in [-0.3, -0.25) is 0 Å². The van der Waals surface area contributed by atoms with Gasteiger partial charge in [0.25, 0.3) is 0 Å². The lowest BCUT2D eigenvalue weighted by atomic mass is 9.96. The quantitative estimate of drug-likeness (QED) is 0.671. The molecule has 2 heteroatoms. The molecule has 1 N–H and O–H groups in total. The molecular formula is C23H22N2. The SMILES string of the molecule is C=CC1=C(/C=C\C)NCc2c1c1cc(C)ccc1n2-c1ccccc1. The fraction of sp³-hybridized carbons (Fsp3) is 0.130. The summed E-state index contributed by atoms with van der Waals surface area (Å²) in [6.45, 7) is 9.08. The summed E-state index contributed by atoms with van der Waals surface area (Å²) in [5.41, 5.74) is 8.60. The second-order valence-electron chi connectivity index (χ2n) is 6.40. The molecule has 2 aromatic carbocycles. The summed E-state index contributed by atoms with van der Waals surface area (Å²) >= 11 is 0. The number of benzene rings is 2. The van der Waals surface area contributed by atoms with Gasteiger partial charge in [-0.1, -0.05) is 48.6 Å². The summed E-state index contributed by atoms with van der Waals surface area (Å²) in [6, 6.07) is 17.3. The maximum atomic E-state index is 4.09. The maximum Gasteiger partial charge on any atom is 0.0563 e. The molecule has 0 unspecified atom stereocenters. The first-order valence-electron chi connectivity index (χ1n) is 8.67. The van der Waals surface area contributed by atoms with Crippen molar-refractivity contribution in [2.75, 3.05) is 0 Å². The summed E-state index contributed by atoms with van der Waals surface area (Å²) in [5, 5.41) is 4.85. The average molecular weight is 326 g/mol. The monoisotopic (exact) mass is 326 g/mol. The topological polar surface area (TPSA) is 17.0 Å². The Hall–Kier alpha value is -3.00. The van der Waals surface area contributed by atoms with Gasteiger partial charge >= 0.3 is 0 Å². The van der Waals surface area contributed by atoms with Crippen LogP contribution < -0.4 is 5.32 Å². The van der Waals surface area contributed by atoms with E-state index in [1.807, 2.05) is 13.0 Å². The Bertz CT molecular complexity index is 1020. The predicted octanol–water partition coefficient (Wildman–Crippen LogP) is 5.52. The van der Waals surface area contributed by atoms with E-state index in [0.717, 1.165) is 12.2 Å². The number of allylic oxidation sites excluding steroid dienone is 4. The molecule has 0 fully saturated rings. The molecule has 3 aromatic rings. The van der Waals surface area contributed by atoms with Gasteiger partial charge in [-0.25, -0.2) is 0 Å². The number of fused-ring (bicyclic) bond motifs is 3. The number of hydrogen-bond donors (Lipinski definition) is 1. The smallest absolute Gasteiger partial charge is 0.0563 e. The minimum atomic E-state index is 0.801. The predicted molar refractivity (Wildman–Crippen MR) is 107 cm³/mol. The summed E-state index contributed by atoms with van der Waals surface area (Å²) in [4.78, 5) is 0. The Balaban J connectivity index is 2.13. The van der Waals surface area contributed by atoms with Crippen molar-refractivity contribution in [3.63, 3.8) is 0 Å². The highest BCUT2D eigenvalue weighted by Crippen LogP contribution is 2.38. The molecule has 1 aliphatic rings. The molecule has 0 atom stereocenters. The van der Waals surface area contributed by atoms with Crippen LogP contribution in [-0.2, 0) is 6.54 Å². The van der Waals surface area contributed by atoms with Crippen LogP contribution in [0.2, 0.25) is 0 Å². The summed E-state index contributed by atoms with van der Waals surface area (Å²) in [7, 11) is 0. The van der Waals surface area contributed by atoms with E-state index in [9.17, 15) is 0 Å². The summed E-state index contributed by atoms with van der Waals surface area (Å²) < 4.78 is 2.37. The van der Waals surface area contributed by atoms with Crippen molar-refractivity contribution in [2.24, 2.45) is 0 Å². The Morgan fingerprint density at radius 1 is 1.12 bits per heavy atom. The Labute approximate surface area is 148 Å². The molecule has 0 saturated heterocycles. The Morgan fingerprint density at radius 3 is 2.64 bits per heavy atom. The summed E-state index contributed by atoms with van der Waals surface area (Å²) in [5.74, 6) is 0. The van der Waals surface area contributed by atoms with Crippen molar-refractivity contribution in [2.45, 2.75) is 20.4 Å². The van der Waals surface area contributed by atoms with Crippen LogP contribution in [0.5, 0.6) is 0 Å². The first-order chi connectivity index (χ1) is 12.2. The van der Waals surface area contributed by atoms with Crippen LogP contribution in [0.25, 0.3) is 22.2 Å². The van der Waals surface area contributed by atoms with Crippen LogP contribution in [-0.4, -0.2) is 4.57 Å². The zero-order chi connectivity index (χ0) is 17.4. The third-order valence-electron chi connectivity index (χ3n) is 4.78. The molecule has 124 valence electrons. The lowest BCUT2D eigenvalue weighted by Gasteiger charge is -2.21. The van der Waals surface area contributed by atoms with Crippen LogP contribution >= 0.6 is 0 Å². The van der Waals surface area contributed by atoms with Crippen molar-refractivity contribution >= 4 is 16.5 Å². The number of nitrogens with one attached hydrogen (secondary N) is 1. The van der Waals surface area contributed by atoms with Gasteiger partial charge in [0.05, 0.1) is 17.8 Å². The average Bonchev–Trinajstić information content (AvgIpc) is 2.96. The Kier molecular flexibility index (Phi) is 3.81. The lowest BCUT2D eigenvalue weighted by Crippen LogP contribution is -2.21. The van der Waals surface area contributed by atoms with E-state index in [-0.39, 0.29) is 0 Å². The number of hydrogen-bond acceptors (Lipinski definition) is 1. The van der Waals surface area contributed by atoms with Crippen LogP contribution in [0.1, 0.15) is 23.7 Å². The summed E-state index contributed by atoms with van der Waals surface area (Å²) in [6.07, 6.45) is 6.16. The molecule has 0 amide bonds. The lowest BCUT2D eigenvalue weighted by molar-refractivity contribution is 0.773. The fourth-order valence-corrected chi connectivity index (χ4v) is 3.73. The van der Waals surface area contributed by atoms with E-state index in [0.29, 0.717) is 0 Å². The van der Waals surface area contributed by atoms with E-state index in [1.165, 1.54) is 39.0 Å². The van der Waals surface area contributed by atoms with Crippen molar-refractivity contribution in [1.82, 2.24) is 9.88 Å². The van der Waals surface area contributed by atoms with E-state index in [1.54, 1.807) is 0 Å². The first kappa shape index (κ1) is 15.5. The maximum absolute atomic E-state index is 4.09. The molecule has 0 radical (unpaired) electrons. The van der Waals surface area contributed by atoms with Crippen LogP contribution in [0, 0.1) is 6.92 Å². The zero-order valence-electron chi connectivity index (χ0n) is 14.7. The molecule has 1 aliphatic heterocycles. The molecule has 0 spiro atoms. The molecule has 4 rings (SSSR count). The number of rotatable bonds is 3. The highest BCUT2D eigenvalue weighted by atomic mass is 15.0. The normalized spacial score (nSPS) is 14.0. The molecule has 25 heavy (non-hydrogen) atoms. The third kappa shape index (κ3) is 2.42. The van der Waals surface area contributed by atoms with Crippen molar-refractivity contribution in [3.8, 4) is 5.69 Å². The first-order valence-corrected chi connectivity index (χ1v) is 8.67. The van der Waals surface area contributed by atoms with E-state index in [2.05, 4.69) is 84.1 Å². The van der Waals surface area contributed by atoms with Gasteiger partial charge in [-0.05, 0) is 44.2 Å². The minimum absolute atomic E-state index is 0.801.